The third kappa shape index (κ3) is 4.48. The minimum Gasteiger partial charge on any atom is -0.370 e. The molecule has 1 unspecified atom stereocenters. The maximum absolute atomic E-state index is 6.17. The topological polar surface area (TPSA) is 96.7 Å². The van der Waals surface area contributed by atoms with E-state index in [0.29, 0.717) is 17.9 Å². The van der Waals surface area contributed by atoms with Crippen LogP contribution < -0.4 is 16.0 Å². The minimum atomic E-state index is 0.484. The molecule has 0 amide bonds. The Morgan fingerprint density at radius 2 is 2.04 bits per heavy atom. The van der Waals surface area contributed by atoms with E-state index in [1.54, 1.807) is 6.33 Å². The molecular weight excluding hydrogens is 340 g/mol. The maximum Gasteiger partial charge on any atom is 0.203 e. The lowest BCUT2D eigenvalue weighted by molar-refractivity contribution is 0.421. The molecule has 0 spiro atoms. The Morgan fingerprint density at radius 1 is 1.19 bits per heavy atom. The van der Waals surface area contributed by atoms with E-state index in [1.807, 2.05) is 16.8 Å². The van der Waals surface area contributed by atoms with Crippen LogP contribution in [-0.2, 0) is 0 Å². The predicted octanol–water partition coefficient (Wildman–Crippen LogP) is 1.97. The van der Waals surface area contributed by atoms with E-state index in [2.05, 4.69) is 30.4 Å². The van der Waals surface area contributed by atoms with E-state index in [0.717, 1.165) is 37.5 Å². The first kappa shape index (κ1) is 18.0. The third-order valence-electron chi connectivity index (χ3n) is 5.74. The Bertz CT molecular complexity index is 762. The molecule has 1 saturated heterocycles. The number of nitrogens with zero attached hydrogens (tertiary/aromatic N) is 6. The molecule has 1 atom stereocenters. The summed E-state index contributed by atoms with van der Waals surface area (Å²) in [6.45, 7) is 2.69. The first-order chi connectivity index (χ1) is 13.3. The summed E-state index contributed by atoms with van der Waals surface area (Å²) in [6.07, 6.45) is 15.4. The summed E-state index contributed by atoms with van der Waals surface area (Å²) in [4.78, 5) is 11.5. The maximum atomic E-state index is 6.17. The number of anilines is 1. The van der Waals surface area contributed by atoms with Crippen molar-refractivity contribution in [3.63, 3.8) is 0 Å². The van der Waals surface area contributed by atoms with E-state index in [4.69, 9.17) is 5.73 Å². The largest absolute Gasteiger partial charge is 0.370 e. The van der Waals surface area contributed by atoms with Crippen molar-refractivity contribution < 1.29 is 0 Å². The summed E-state index contributed by atoms with van der Waals surface area (Å²) in [5.41, 5.74) is 6.99. The number of nitrogens with one attached hydrogen (secondary N) is 1. The zero-order valence-corrected chi connectivity index (χ0v) is 15.9. The molecule has 3 N–H and O–H groups in total. The average molecular weight is 371 g/mol. The fraction of sp³-hybridized carbons (Fsp3) is 0.684. The number of aliphatic imine (C=N–C) groups is 1. The monoisotopic (exact) mass is 370 g/mol. The number of aromatic nitrogens is 4. The molecule has 4 rings (SSSR count). The van der Waals surface area contributed by atoms with E-state index in [-0.39, 0.29) is 0 Å². The highest BCUT2D eigenvalue weighted by molar-refractivity contribution is 5.78. The molecule has 1 aliphatic heterocycles. The van der Waals surface area contributed by atoms with Crippen LogP contribution in [0.25, 0.3) is 5.65 Å². The third-order valence-corrected chi connectivity index (χ3v) is 5.74. The van der Waals surface area contributed by atoms with E-state index in [1.165, 1.54) is 44.9 Å². The summed E-state index contributed by atoms with van der Waals surface area (Å²) in [5, 5.41) is 11.7. The lowest BCUT2D eigenvalue weighted by atomic mass is 9.98. The molecule has 0 aromatic carbocycles. The summed E-state index contributed by atoms with van der Waals surface area (Å²) >= 11 is 0. The second-order valence-electron chi connectivity index (χ2n) is 7.83. The Morgan fingerprint density at radius 3 is 2.89 bits per heavy atom. The summed E-state index contributed by atoms with van der Waals surface area (Å²) in [6, 6.07) is 0.494. The van der Waals surface area contributed by atoms with Gasteiger partial charge >= 0.3 is 0 Å². The number of rotatable bonds is 4. The number of hydrogen-bond acceptors (Lipinski definition) is 5. The zero-order chi connectivity index (χ0) is 18.5. The van der Waals surface area contributed by atoms with Gasteiger partial charge in [-0.1, -0.05) is 25.7 Å². The van der Waals surface area contributed by atoms with Gasteiger partial charge in [0.05, 0.1) is 0 Å². The van der Waals surface area contributed by atoms with Crippen LogP contribution in [0.5, 0.6) is 0 Å². The van der Waals surface area contributed by atoms with Gasteiger partial charge in [-0.05, 0) is 31.6 Å². The van der Waals surface area contributed by atoms with Crippen molar-refractivity contribution in [1.82, 2.24) is 24.9 Å². The van der Waals surface area contributed by atoms with Gasteiger partial charge < -0.3 is 16.0 Å². The van der Waals surface area contributed by atoms with Crippen molar-refractivity contribution in [3.05, 3.63) is 18.7 Å². The molecule has 2 aromatic heterocycles. The van der Waals surface area contributed by atoms with Crippen LogP contribution in [0.1, 0.15) is 51.4 Å². The molecule has 1 saturated carbocycles. The molecule has 2 aliphatic rings. The van der Waals surface area contributed by atoms with Gasteiger partial charge in [-0.25, -0.2) is 4.98 Å². The first-order valence-corrected chi connectivity index (χ1v) is 10.3. The van der Waals surface area contributed by atoms with Crippen molar-refractivity contribution in [1.29, 1.82) is 0 Å². The quantitative estimate of drug-likeness (QED) is 0.485. The van der Waals surface area contributed by atoms with E-state index < -0.39 is 0 Å². The van der Waals surface area contributed by atoms with Crippen molar-refractivity contribution >= 4 is 17.4 Å². The number of piperidine rings is 1. The number of hydrogen-bond donors (Lipinski definition) is 2. The van der Waals surface area contributed by atoms with E-state index >= 15 is 0 Å². The molecule has 2 aromatic rings. The summed E-state index contributed by atoms with van der Waals surface area (Å²) in [7, 11) is 0. The van der Waals surface area contributed by atoms with Gasteiger partial charge in [0.15, 0.2) is 11.8 Å². The van der Waals surface area contributed by atoms with E-state index in [9.17, 15) is 0 Å². The minimum absolute atomic E-state index is 0.484. The lowest BCUT2D eigenvalue weighted by Gasteiger charge is -2.32. The Labute approximate surface area is 160 Å². The van der Waals surface area contributed by atoms with Gasteiger partial charge in [-0.15, -0.1) is 10.2 Å². The SMILES string of the molecule is NC(=NCC1CCCN(c2nccn3cnnc23)C1)NC1CCCCCC1. The Balaban J connectivity index is 1.35. The first-order valence-electron chi connectivity index (χ1n) is 10.3. The molecule has 8 nitrogen and oxygen atoms in total. The van der Waals surface area contributed by atoms with Gasteiger partial charge in [0, 0.05) is 38.1 Å². The van der Waals surface area contributed by atoms with Crippen LogP contribution >= 0.6 is 0 Å². The fourth-order valence-electron chi connectivity index (χ4n) is 4.28. The predicted molar refractivity (Wildman–Crippen MR) is 107 cm³/mol. The normalized spacial score (nSPS) is 22.7. The molecule has 146 valence electrons. The fourth-order valence-corrected chi connectivity index (χ4v) is 4.28. The summed E-state index contributed by atoms with van der Waals surface area (Å²) in [5.74, 6) is 2.00. The van der Waals surface area contributed by atoms with Crippen LogP contribution in [-0.4, -0.2) is 51.2 Å². The highest BCUT2D eigenvalue weighted by Gasteiger charge is 2.23. The van der Waals surface area contributed by atoms with Crippen molar-refractivity contribution in [2.45, 2.75) is 57.4 Å². The number of guanidine groups is 1. The molecule has 0 bridgehead atoms. The smallest absolute Gasteiger partial charge is 0.203 e. The second kappa shape index (κ2) is 8.54. The Hall–Kier alpha value is -2.38. The lowest BCUT2D eigenvalue weighted by Crippen LogP contribution is -2.41. The summed E-state index contributed by atoms with van der Waals surface area (Å²) < 4.78 is 1.92. The van der Waals surface area contributed by atoms with Crippen LogP contribution in [0, 0.1) is 5.92 Å². The molecule has 0 radical (unpaired) electrons. The molecule has 27 heavy (non-hydrogen) atoms. The van der Waals surface area contributed by atoms with Crippen LogP contribution in [0.15, 0.2) is 23.7 Å². The van der Waals surface area contributed by atoms with Gasteiger partial charge in [-0.2, -0.15) is 0 Å². The van der Waals surface area contributed by atoms with Gasteiger partial charge in [-0.3, -0.25) is 9.39 Å². The van der Waals surface area contributed by atoms with Crippen molar-refractivity contribution in [2.24, 2.45) is 16.6 Å². The van der Waals surface area contributed by atoms with Crippen molar-refractivity contribution in [2.75, 3.05) is 24.5 Å². The molecular formula is C19H30N8. The van der Waals surface area contributed by atoms with Crippen LogP contribution in [0.3, 0.4) is 0 Å². The van der Waals surface area contributed by atoms with Crippen LogP contribution in [0.4, 0.5) is 5.82 Å². The van der Waals surface area contributed by atoms with Crippen molar-refractivity contribution in [3.8, 4) is 0 Å². The highest BCUT2D eigenvalue weighted by atomic mass is 15.3. The van der Waals surface area contributed by atoms with Gasteiger partial charge in [0.1, 0.15) is 6.33 Å². The number of nitrogens with two attached hydrogens (primary N) is 1. The molecule has 3 heterocycles. The molecule has 1 aliphatic carbocycles. The zero-order valence-electron chi connectivity index (χ0n) is 15.9. The van der Waals surface area contributed by atoms with Gasteiger partial charge in [0.25, 0.3) is 0 Å². The molecule has 2 fully saturated rings. The van der Waals surface area contributed by atoms with Gasteiger partial charge in [0.2, 0.25) is 5.65 Å². The van der Waals surface area contributed by atoms with Crippen LogP contribution in [0.2, 0.25) is 0 Å². The average Bonchev–Trinajstić information content (AvgIpc) is 3.04. The molecule has 8 heteroatoms. The Kier molecular flexibility index (Phi) is 5.69. The second-order valence-corrected chi connectivity index (χ2v) is 7.83. The number of fused-ring (bicyclic) bond motifs is 1. The highest BCUT2D eigenvalue weighted by Crippen LogP contribution is 2.24. The standard InChI is InChI=1S/C19H30N8/c20-19(24-16-7-3-1-2-4-8-16)22-12-15-6-5-10-26(13-15)17-18-25-23-14-27(18)11-9-21-17/h9,11,14-16H,1-8,10,12-13H2,(H3,20,22,24).